The fourth-order valence-corrected chi connectivity index (χ4v) is 5.45. The molecule has 5 nitrogen and oxygen atoms in total. The van der Waals surface area contributed by atoms with E-state index in [9.17, 15) is 14.7 Å². The zero-order valence-electron chi connectivity index (χ0n) is 22.3. The third-order valence-electron chi connectivity index (χ3n) is 7.44. The van der Waals surface area contributed by atoms with Crippen LogP contribution in [-0.4, -0.2) is 29.1 Å². The molecule has 0 aromatic heterocycles. The zero-order valence-corrected chi connectivity index (χ0v) is 22.3. The molecule has 39 heavy (non-hydrogen) atoms. The van der Waals surface area contributed by atoms with Crippen LogP contribution in [0, 0.1) is 0 Å². The molecule has 1 heterocycles. The molecule has 1 aliphatic heterocycles. The maximum absolute atomic E-state index is 13.1. The number of fused-ring (bicyclic) bond motifs is 1. The summed E-state index contributed by atoms with van der Waals surface area (Å²) in [6.07, 6.45) is 0.822. The van der Waals surface area contributed by atoms with E-state index in [1.165, 1.54) is 0 Å². The number of hydrogen-bond donors (Lipinski definition) is 2. The number of nitrogens with one attached hydrogen (secondary N) is 1. The molecule has 0 bridgehead atoms. The molecule has 1 atom stereocenters. The number of carbonyl (C=O) groups excluding carboxylic acids is 2. The molecular formula is C34H33NO4. The predicted octanol–water partition coefficient (Wildman–Crippen LogP) is 6.10. The second-order valence-corrected chi connectivity index (χ2v) is 11.0. The highest BCUT2D eigenvalue weighted by Crippen LogP contribution is 2.34. The lowest BCUT2D eigenvalue weighted by Crippen LogP contribution is -2.48. The topological polar surface area (TPSA) is 75.6 Å². The monoisotopic (exact) mass is 519 g/mol. The molecule has 1 unspecified atom stereocenters. The van der Waals surface area contributed by atoms with Gasteiger partial charge in [-0.25, -0.2) is 4.79 Å². The number of hydrogen-bond acceptors (Lipinski definition) is 4. The van der Waals surface area contributed by atoms with Gasteiger partial charge >= 0.3 is 5.97 Å². The molecular weight excluding hydrogens is 486 g/mol. The van der Waals surface area contributed by atoms with E-state index in [4.69, 9.17) is 4.74 Å². The van der Waals surface area contributed by atoms with Crippen LogP contribution in [0.2, 0.25) is 0 Å². The largest absolute Gasteiger partial charge is 0.457 e. The SMILES string of the molecule is CC(C)(CC(O)(CNC(=O)c1ccc2c(c1)COC2=O)Cc1ccc(-c2ccccc2)cc1)c1ccccc1. The summed E-state index contributed by atoms with van der Waals surface area (Å²) < 4.78 is 5.06. The first-order valence-electron chi connectivity index (χ1n) is 13.2. The van der Waals surface area contributed by atoms with Crippen LogP contribution in [0.25, 0.3) is 11.1 Å². The molecule has 5 rings (SSSR count). The maximum Gasteiger partial charge on any atom is 0.338 e. The predicted molar refractivity (Wildman–Crippen MR) is 153 cm³/mol. The highest BCUT2D eigenvalue weighted by atomic mass is 16.5. The van der Waals surface area contributed by atoms with Gasteiger partial charge in [0.25, 0.3) is 5.91 Å². The van der Waals surface area contributed by atoms with E-state index in [2.05, 4.69) is 55.6 Å². The van der Waals surface area contributed by atoms with E-state index >= 15 is 0 Å². The van der Waals surface area contributed by atoms with E-state index in [-0.39, 0.29) is 30.4 Å². The lowest BCUT2D eigenvalue weighted by atomic mass is 9.73. The van der Waals surface area contributed by atoms with Crippen molar-refractivity contribution in [1.29, 1.82) is 0 Å². The second kappa shape index (κ2) is 10.9. The quantitative estimate of drug-likeness (QED) is 0.262. The van der Waals surface area contributed by atoms with Crippen LogP contribution >= 0.6 is 0 Å². The van der Waals surface area contributed by atoms with E-state index in [0.717, 1.165) is 22.3 Å². The molecule has 4 aromatic rings. The molecule has 0 aliphatic carbocycles. The number of aliphatic hydroxyl groups is 1. The third-order valence-corrected chi connectivity index (χ3v) is 7.44. The Bertz CT molecular complexity index is 1460. The fraction of sp³-hybridized carbons (Fsp3) is 0.235. The Morgan fingerprint density at radius 1 is 0.872 bits per heavy atom. The highest BCUT2D eigenvalue weighted by Gasteiger charge is 2.36. The first kappa shape index (κ1) is 26.4. The summed E-state index contributed by atoms with van der Waals surface area (Å²) in [5.74, 6) is -0.666. The van der Waals surface area contributed by atoms with Crippen LogP contribution in [0.3, 0.4) is 0 Å². The zero-order chi connectivity index (χ0) is 27.5. The van der Waals surface area contributed by atoms with E-state index < -0.39 is 5.60 Å². The number of rotatable bonds is 9. The van der Waals surface area contributed by atoms with Crippen molar-refractivity contribution >= 4 is 11.9 Å². The van der Waals surface area contributed by atoms with Crippen molar-refractivity contribution in [2.75, 3.05) is 6.54 Å². The number of esters is 1. The molecule has 0 saturated heterocycles. The first-order chi connectivity index (χ1) is 18.7. The minimum atomic E-state index is -1.21. The summed E-state index contributed by atoms with van der Waals surface area (Å²) in [5, 5.41) is 15.0. The lowest BCUT2D eigenvalue weighted by molar-refractivity contribution is 0.0136. The van der Waals surface area contributed by atoms with Gasteiger partial charge in [0.15, 0.2) is 0 Å². The fourth-order valence-electron chi connectivity index (χ4n) is 5.45. The second-order valence-electron chi connectivity index (χ2n) is 11.0. The van der Waals surface area contributed by atoms with Crippen LogP contribution in [0.1, 0.15) is 57.7 Å². The van der Waals surface area contributed by atoms with Gasteiger partial charge in [-0.2, -0.15) is 0 Å². The van der Waals surface area contributed by atoms with Crippen molar-refractivity contribution in [3.05, 3.63) is 131 Å². The van der Waals surface area contributed by atoms with Crippen molar-refractivity contribution in [2.24, 2.45) is 0 Å². The Kier molecular flexibility index (Phi) is 7.36. The van der Waals surface area contributed by atoms with Gasteiger partial charge in [0.2, 0.25) is 0 Å². The highest BCUT2D eigenvalue weighted by molar-refractivity contribution is 5.98. The van der Waals surface area contributed by atoms with E-state index in [1.54, 1.807) is 18.2 Å². The molecule has 4 aromatic carbocycles. The van der Waals surface area contributed by atoms with Gasteiger partial charge in [0, 0.05) is 24.1 Å². The molecule has 0 spiro atoms. The van der Waals surface area contributed by atoms with Crippen molar-refractivity contribution < 1.29 is 19.4 Å². The molecule has 1 aliphatic rings. The number of amides is 1. The van der Waals surface area contributed by atoms with Gasteiger partial charge < -0.3 is 15.2 Å². The summed E-state index contributed by atoms with van der Waals surface area (Å²) in [6.45, 7) is 4.48. The number of cyclic esters (lactones) is 1. The summed E-state index contributed by atoms with van der Waals surface area (Å²) >= 11 is 0. The van der Waals surface area contributed by atoms with Gasteiger partial charge in [-0.1, -0.05) is 98.8 Å². The summed E-state index contributed by atoms with van der Waals surface area (Å²) in [5.41, 5.74) is 4.44. The summed E-state index contributed by atoms with van der Waals surface area (Å²) in [4.78, 5) is 24.9. The van der Waals surface area contributed by atoms with Crippen molar-refractivity contribution in [1.82, 2.24) is 5.32 Å². The Morgan fingerprint density at radius 3 is 2.21 bits per heavy atom. The molecule has 198 valence electrons. The minimum Gasteiger partial charge on any atom is -0.457 e. The van der Waals surface area contributed by atoms with Gasteiger partial charge in [0.05, 0.1) is 11.2 Å². The average molecular weight is 520 g/mol. The van der Waals surface area contributed by atoms with Crippen molar-refractivity contribution in [3.8, 4) is 11.1 Å². The molecule has 0 radical (unpaired) electrons. The smallest absolute Gasteiger partial charge is 0.338 e. The molecule has 0 fully saturated rings. The Morgan fingerprint density at radius 2 is 1.51 bits per heavy atom. The van der Waals surface area contributed by atoms with Crippen molar-refractivity contribution in [2.45, 2.75) is 44.3 Å². The molecule has 1 amide bonds. The van der Waals surface area contributed by atoms with Crippen LogP contribution in [0.5, 0.6) is 0 Å². The van der Waals surface area contributed by atoms with Gasteiger partial charge in [-0.15, -0.1) is 0 Å². The number of ether oxygens (including phenoxy) is 1. The van der Waals surface area contributed by atoms with Crippen LogP contribution in [0.15, 0.2) is 103 Å². The molecule has 2 N–H and O–H groups in total. The average Bonchev–Trinajstić information content (AvgIpc) is 3.32. The summed E-state index contributed by atoms with van der Waals surface area (Å²) in [6, 6.07) is 33.5. The first-order valence-corrected chi connectivity index (χ1v) is 13.2. The normalized spacial score (nSPS) is 14.3. The Balaban J connectivity index is 1.36. The maximum atomic E-state index is 13.1. The standard InChI is InChI=1S/C34H33NO4/c1-33(2,29-11-7-4-8-12-29)22-34(38,20-24-13-15-26(16-14-24)25-9-5-3-6-10-25)23-35-31(36)27-17-18-30-28(19-27)21-39-32(30)37/h3-19,38H,20-23H2,1-2H3,(H,35,36). The Hall–Kier alpha value is -4.22. The lowest BCUT2D eigenvalue weighted by Gasteiger charge is -2.37. The van der Waals surface area contributed by atoms with Crippen LogP contribution in [-0.2, 0) is 23.2 Å². The van der Waals surface area contributed by atoms with E-state index in [0.29, 0.717) is 29.5 Å². The molecule has 0 saturated carbocycles. The van der Waals surface area contributed by atoms with Gasteiger partial charge in [-0.05, 0) is 52.3 Å². The van der Waals surface area contributed by atoms with Crippen LogP contribution < -0.4 is 5.32 Å². The van der Waals surface area contributed by atoms with E-state index in [1.807, 2.05) is 48.5 Å². The number of carbonyl (C=O) groups is 2. The summed E-state index contributed by atoms with van der Waals surface area (Å²) in [7, 11) is 0. The van der Waals surface area contributed by atoms with Crippen LogP contribution in [0.4, 0.5) is 0 Å². The van der Waals surface area contributed by atoms with Gasteiger partial charge in [-0.3, -0.25) is 4.79 Å². The molecule has 5 heteroatoms. The third kappa shape index (κ3) is 6.10. The van der Waals surface area contributed by atoms with Crippen molar-refractivity contribution in [3.63, 3.8) is 0 Å². The number of benzene rings is 4. The Labute approximate surface area is 229 Å². The van der Waals surface area contributed by atoms with Gasteiger partial charge in [0.1, 0.15) is 6.61 Å². The minimum absolute atomic E-state index is 0.0784.